The molecule has 1 atom stereocenters. The van der Waals surface area contributed by atoms with Crippen molar-refractivity contribution >= 4 is 17.5 Å². The number of benzene rings is 2. The van der Waals surface area contributed by atoms with Crippen LogP contribution in [0.4, 0.5) is 10.1 Å². The van der Waals surface area contributed by atoms with E-state index in [2.05, 4.69) is 28.4 Å². The number of nitrogens with one attached hydrogen (secondary N) is 1. The van der Waals surface area contributed by atoms with E-state index in [0.717, 1.165) is 24.1 Å². The molecule has 0 radical (unpaired) electrons. The number of hydrogen-bond donors (Lipinski definition) is 1. The van der Waals surface area contributed by atoms with E-state index in [0.29, 0.717) is 26.2 Å². The van der Waals surface area contributed by atoms with E-state index in [-0.39, 0.29) is 11.9 Å². The molecule has 1 fully saturated rings. The van der Waals surface area contributed by atoms with Gasteiger partial charge in [0.2, 0.25) is 0 Å². The largest absolute Gasteiger partial charge is 0.368 e. The first-order chi connectivity index (χ1) is 14.5. The number of carbonyl (C=O) groups is 2. The van der Waals surface area contributed by atoms with E-state index in [1.807, 2.05) is 6.92 Å². The Balaban J connectivity index is 1.31. The Morgan fingerprint density at radius 1 is 0.933 bits per heavy atom. The van der Waals surface area contributed by atoms with Crippen LogP contribution in [0.25, 0.3) is 0 Å². The lowest BCUT2D eigenvalue weighted by Gasteiger charge is -2.35. The molecule has 158 valence electrons. The van der Waals surface area contributed by atoms with E-state index in [1.165, 1.54) is 36.1 Å². The van der Waals surface area contributed by atoms with E-state index < -0.39 is 11.8 Å². The summed E-state index contributed by atoms with van der Waals surface area (Å²) >= 11 is 0. The quantitative estimate of drug-likeness (QED) is 0.792. The monoisotopic (exact) mass is 409 g/mol. The highest BCUT2D eigenvalue weighted by Gasteiger charge is 2.27. The molecule has 6 heteroatoms. The molecule has 1 aliphatic carbocycles. The van der Waals surface area contributed by atoms with Crippen molar-refractivity contribution in [3.05, 3.63) is 65.0 Å². The van der Waals surface area contributed by atoms with Gasteiger partial charge in [-0.15, -0.1) is 0 Å². The summed E-state index contributed by atoms with van der Waals surface area (Å²) in [6, 6.07) is 12.5. The van der Waals surface area contributed by atoms with Gasteiger partial charge in [-0.3, -0.25) is 9.59 Å². The standard InChI is InChI=1S/C24H28FN3O2/c1-17(19-7-6-18-4-2-3-5-20(18)16-19)26-23(29)24(30)28-14-12-27(13-15-28)22-10-8-21(25)9-11-22/h6-11,16-17H,2-5,12-15H2,1H3,(H,26,29). The summed E-state index contributed by atoms with van der Waals surface area (Å²) in [5.74, 6) is -1.31. The molecule has 1 saturated heterocycles. The maximum absolute atomic E-state index is 13.1. The van der Waals surface area contributed by atoms with Gasteiger partial charge in [0.15, 0.2) is 0 Å². The van der Waals surface area contributed by atoms with Crippen LogP contribution < -0.4 is 10.2 Å². The van der Waals surface area contributed by atoms with Crippen LogP contribution in [0.3, 0.4) is 0 Å². The van der Waals surface area contributed by atoms with Gasteiger partial charge < -0.3 is 15.1 Å². The Bertz CT molecular complexity index is 921. The summed E-state index contributed by atoms with van der Waals surface area (Å²) in [4.78, 5) is 28.9. The van der Waals surface area contributed by atoms with Gasteiger partial charge in [0.25, 0.3) is 0 Å². The van der Waals surface area contributed by atoms with Gasteiger partial charge in [0.05, 0.1) is 6.04 Å². The fourth-order valence-corrected chi connectivity index (χ4v) is 4.33. The molecular weight excluding hydrogens is 381 g/mol. The van der Waals surface area contributed by atoms with Crippen LogP contribution in [-0.2, 0) is 22.4 Å². The van der Waals surface area contributed by atoms with Crippen LogP contribution in [0.2, 0.25) is 0 Å². The molecule has 0 saturated carbocycles. The van der Waals surface area contributed by atoms with Gasteiger partial charge in [-0.2, -0.15) is 0 Å². The Hall–Kier alpha value is -2.89. The number of anilines is 1. The molecule has 2 aromatic carbocycles. The third-order valence-corrected chi connectivity index (χ3v) is 6.17. The molecular formula is C24H28FN3O2. The van der Waals surface area contributed by atoms with E-state index in [4.69, 9.17) is 0 Å². The number of piperazine rings is 1. The van der Waals surface area contributed by atoms with Crippen LogP contribution in [0.1, 0.15) is 42.5 Å². The summed E-state index contributed by atoms with van der Waals surface area (Å²) in [6.45, 7) is 4.09. The summed E-state index contributed by atoms with van der Waals surface area (Å²) in [7, 11) is 0. The van der Waals surface area contributed by atoms with Crippen LogP contribution in [0.15, 0.2) is 42.5 Å². The number of aryl methyl sites for hydroxylation is 2. The minimum atomic E-state index is -0.560. The van der Waals surface area contributed by atoms with Crippen molar-refractivity contribution in [2.24, 2.45) is 0 Å². The highest BCUT2D eigenvalue weighted by molar-refractivity contribution is 6.35. The molecule has 4 rings (SSSR count). The predicted octanol–water partition coefficient (Wildman–Crippen LogP) is 3.23. The Morgan fingerprint density at radius 2 is 1.60 bits per heavy atom. The maximum Gasteiger partial charge on any atom is 0.312 e. The van der Waals surface area contributed by atoms with Crippen LogP contribution in [0.5, 0.6) is 0 Å². The highest BCUT2D eigenvalue weighted by atomic mass is 19.1. The van der Waals surface area contributed by atoms with E-state index >= 15 is 0 Å². The first kappa shape index (κ1) is 20.4. The van der Waals surface area contributed by atoms with Crippen molar-refractivity contribution < 1.29 is 14.0 Å². The van der Waals surface area contributed by atoms with Gasteiger partial charge in [-0.1, -0.05) is 18.2 Å². The second-order valence-electron chi connectivity index (χ2n) is 8.19. The lowest BCUT2D eigenvalue weighted by molar-refractivity contribution is -0.146. The van der Waals surface area contributed by atoms with Gasteiger partial charge in [-0.25, -0.2) is 4.39 Å². The molecule has 1 unspecified atom stereocenters. The molecule has 1 heterocycles. The van der Waals surface area contributed by atoms with Crippen LogP contribution in [0, 0.1) is 5.82 Å². The zero-order valence-corrected chi connectivity index (χ0v) is 17.4. The van der Waals surface area contributed by atoms with Crippen molar-refractivity contribution in [3.63, 3.8) is 0 Å². The van der Waals surface area contributed by atoms with Gasteiger partial charge >= 0.3 is 11.8 Å². The van der Waals surface area contributed by atoms with Crippen LogP contribution >= 0.6 is 0 Å². The average Bonchev–Trinajstić information content (AvgIpc) is 2.79. The molecule has 0 spiro atoms. The van der Waals surface area contributed by atoms with E-state index in [1.54, 1.807) is 17.0 Å². The molecule has 2 aromatic rings. The minimum absolute atomic E-state index is 0.214. The topological polar surface area (TPSA) is 52.7 Å². The van der Waals surface area contributed by atoms with Gasteiger partial charge in [0.1, 0.15) is 5.82 Å². The Labute approximate surface area is 176 Å². The summed E-state index contributed by atoms with van der Waals surface area (Å²) in [5, 5.41) is 2.86. The lowest BCUT2D eigenvalue weighted by atomic mass is 9.89. The normalized spacial score (nSPS) is 17.3. The van der Waals surface area contributed by atoms with Crippen molar-refractivity contribution in [2.75, 3.05) is 31.1 Å². The molecule has 5 nitrogen and oxygen atoms in total. The molecule has 0 bridgehead atoms. The zero-order chi connectivity index (χ0) is 21.1. The minimum Gasteiger partial charge on any atom is -0.368 e. The fraction of sp³-hybridized carbons (Fsp3) is 0.417. The first-order valence-corrected chi connectivity index (χ1v) is 10.7. The summed E-state index contributed by atoms with van der Waals surface area (Å²) < 4.78 is 13.1. The predicted molar refractivity (Wildman–Crippen MR) is 115 cm³/mol. The number of carbonyl (C=O) groups excluding carboxylic acids is 2. The van der Waals surface area contributed by atoms with Gasteiger partial charge in [0, 0.05) is 31.9 Å². The molecule has 1 aliphatic heterocycles. The number of rotatable bonds is 3. The van der Waals surface area contributed by atoms with Crippen molar-refractivity contribution in [1.82, 2.24) is 10.2 Å². The highest BCUT2D eigenvalue weighted by Crippen LogP contribution is 2.25. The van der Waals surface area contributed by atoms with E-state index in [9.17, 15) is 14.0 Å². The average molecular weight is 410 g/mol. The van der Waals surface area contributed by atoms with Crippen LogP contribution in [-0.4, -0.2) is 42.9 Å². The number of amides is 2. The second kappa shape index (κ2) is 8.86. The Morgan fingerprint density at radius 3 is 2.30 bits per heavy atom. The fourth-order valence-electron chi connectivity index (χ4n) is 4.33. The summed E-state index contributed by atoms with van der Waals surface area (Å²) in [5.41, 5.74) is 4.73. The molecule has 2 amide bonds. The molecule has 0 aromatic heterocycles. The third kappa shape index (κ3) is 4.48. The lowest BCUT2D eigenvalue weighted by Crippen LogP contribution is -2.52. The second-order valence-corrected chi connectivity index (χ2v) is 8.19. The molecule has 30 heavy (non-hydrogen) atoms. The Kier molecular flexibility index (Phi) is 6.02. The van der Waals surface area contributed by atoms with Gasteiger partial charge in [-0.05, 0) is 73.6 Å². The number of hydrogen-bond acceptors (Lipinski definition) is 3. The maximum atomic E-state index is 13.1. The number of halogens is 1. The molecule has 1 N–H and O–H groups in total. The first-order valence-electron chi connectivity index (χ1n) is 10.7. The van der Waals surface area contributed by atoms with Crippen molar-refractivity contribution in [3.8, 4) is 0 Å². The van der Waals surface area contributed by atoms with Crippen molar-refractivity contribution in [2.45, 2.75) is 38.6 Å². The SMILES string of the molecule is CC(NC(=O)C(=O)N1CCN(c2ccc(F)cc2)CC1)c1ccc2c(c1)CCCC2. The summed E-state index contributed by atoms with van der Waals surface area (Å²) in [6.07, 6.45) is 4.65. The van der Waals surface area contributed by atoms with Crippen molar-refractivity contribution in [1.29, 1.82) is 0 Å². The third-order valence-electron chi connectivity index (χ3n) is 6.17. The number of fused-ring (bicyclic) bond motifs is 1. The molecule has 2 aliphatic rings. The zero-order valence-electron chi connectivity index (χ0n) is 17.4. The smallest absolute Gasteiger partial charge is 0.312 e. The number of nitrogens with zero attached hydrogens (tertiary/aromatic N) is 2.